The number of nitrogens with one attached hydrogen (secondary N) is 1. The number of fused-ring (bicyclic) bond motifs is 1. The SMILES string of the molecule is Cc1c(Cl)nc2ncnn2c1Nc1c(F)cccc1F. The average molecular weight is 296 g/mol. The van der Waals surface area contributed by atoms with Gasteiger partial charge < -0.3 is 5.32 Å². The van der Waals surface area contributed by atoms with Crippen LogP contribution in [0.25, 0.3) is 5.78 Å². The Morgan fingerprint density at radius 2 is 1.95 bits per heavy atom. The van der Waals surface area contributed by atoms with E-state index < -0.39 is 11.6 Å². The van der Waals surface area contributed by atoms with Gasteiger partial charge in [-0.1, -0.05) is 17.7 Å². The molecule has 0 aliphatic heterocycles. The van der Waals surface area contributed by atoms with Gasteiger partial charge in [0.25, 0.3) is 5.78 Å². The van der Waals surface area contributed by atoms with Crippen LogP contribution >= 0.6 is 11.6 Å². The van der Waals surface area contributed by atoms with Gasteiger partial charge in [0, 0.05) is 5.56 Å². The highest BCUT2D eigenvalue weighted by molar-refractivity contribution is 6.30. The number of hydrogen-bond acceptors (Lipinski definition) is 4. The van der Waals surface area contributed by atoms with Crippen molar-refractivity contribution in [3.8, 4) is 0 Å². The molecule has 0 fully saturated rings. The Labute approximate surface area is 117 Å². The number of hydrogen-bond donors (Lipinski definition) is 1. The first-order chi connectivity index (χ1) is 9.58. The van der Waals surface area contributed by atoms with E-state index in [4.69, 9.17) is 11.6 Å². The number of para-hydroxylation sites is 1. The Morgan fingerprint density at radius 1 is 1.25 bits per heavy atom. The molecule has 0 aliphatic carbocycles. The molecule has 0 saturated carbocycles. The average Bonchev–Trinajstić information content (AvgIpc) is 2.85. The fraction of sp³-hybridized carbons (Fsp3) is 0.0833. The van der Waals surface area contributed by atoms with E-state index in [9.17, 15) is 8.78 Å². The van der Waals surface area contributed by atoms with E-state index in [2.05, 4.69) is 20.4 Å². The van der Waals surface area contributed by atoms with Gasteiger partial charge in [-0.15, -0.1) is 0 Å². The first-order valence-electron chi connectivity index (χ1n) is 5.65. The van der Waals surface area contributed by atoms with Gasteiger partial charge in [-0.05, 0) is 19.1 Å². The van der Waals surface area contributed by atoms with E-state index in [0.29, 0.717) is 11.4 Å². The van der Waals surface area contributed by atoms with Gasteiger partial charge in [0.05, 0.1) is 0 Å². The van der Waals surface area contributed by atoms with Crippen molar-refractivity contribution in [3.63, 3.8) is 0 Å². The molecule has 3 rings (SSSR count). The topological polar surface area (TPSA) is 55.1 Å². The van der Waals surface area contributed by atoms with Crippen molar-refractivity contribution >= 4 is 28.9 Å². The maximum absolute atomic E-state index is 13.7. The third-order valence-electron chi connectivity index (χ3n) is 2.81. The Hall–Kier alpha value is -2.28. The Morgan fingerprint density at radius 3 is 2.65 bits per heavy atom. The van der Waals surface area contributed by atoms with E-state index >= 15 is 0 Å². The van der Waals surface area contributed by atoms with Crippen molar-refractivity contribution in [2.45, 2.75) is 6.92 Å². The minimum atomic E-state index is -0.717. The predicted molar refractivity (Wildman–Crippen MR) is 70.2 cm³/mol. The number of rotatable bonds is 2. The molecule has 8 heteroatoms. The normalized spacial score (nSPS) is 11.0. The van der Waals surface area contributed by atoms with E-state index in [0.717, 1.165) is 12.1 Å². The highest BCUT2D eigenvalue weighted by Crippen LogP contribution is 2.28. The molecule has 0 unspecified atom stereocenters. The number of benzene rings is 1. The van der Waals surface area contributed by atoms with Crippen LogP contribution in [0, 0.1) is 18.6 Å². The molecule has 0 bridgehead atoms. The van der Waals surface area contributed by atoms with Crippen molar-refractivity contribution in [2.75, 3.05) is 5.32 Å². The highest BCUT2D eigenvalue weighted by Gasteiger charge is 2.16. The van der Waals surface area contributed by atoms with Crippen LogP contribution < -0.4 is 5.32 Å². The van der Waals surface area contributed by atoms with Gasteiger partial charge in [-0.3, -0.25) is 0 Å². The van der Waals surface area contributed by atoms with Crippen molar-refractivity contribution < 1.29 is 8.78 Å². The van der Waals surface area contributed by atoms with Gasteiger partial charge in [0.2, 0.25) is 0 Å². The van der Waals surface area contributed by atoms with Crippen LogP contribution in [0.15, 0.2) is 24.5 Å². The summed E-state index contributed by atoms with van der Waals surface area (Å²) >= 11 is 5.98. The molecule has 0 spiro atoms. The molecule has 1 aromatic carbocycles. The molecule has 0 amide bonds. The smallest absolute Gasteiger partial charge is 0.255 e. The van der Waals surface area contributed by atoms with Crippen LogP contribution in [0.3, 0.4) is 0 Å². The zero-order chi connectivity index (χ0) is 14.3. The minimum Gasteiger partial charge on any atom is -0.335 e. The summed E-state index contributed by atoms with van der Waals surface area (Å²) < 4.78 is 28.7. The maximum Gasteiger partial charge on any atom is 0.255 e. The monoisotopic (exact) mass is 295 g/mol. The summed E-state index contributed by atoms with van der Waals surface area (Å²) in [6.45, 7) is 1.66. The molecule has 0 saturated heterocycles. The Bertz CT molecular complexity index is 782. The summed E-state index contributed by atoms with van der Waals surface area (Å²) in [6.07, 6.45) is 1.28. The summed E-state index contributed by atoms with van der Waals surface area (Å²) in [7, 11) is 0. The van der Waals surface area contributed by atoms with Crippen LogP contribution in [0.2, 0.25) is 5.15 Å². The van der Waals surface area contributed by atoms with E-state index in [1.54, 1.807) is 6.92 Å². The summed E-state index contributed by atoms with van der Waals surface area (Å²) in [6, 6.07) is 3.59. The molecule has 20 heavy (non-hydrogen) atoms. The molecule has 102 valence electrons. The van der Waals surface area contributed by atoms with Gasteiger partial charge >= 0.3 is 0 Å². The van der Waals surface area contributed by atoms with Crippen LogP contribution in [-0.2, 0) is 0 Å². The number of aromatic nitrogens is 4. The molecule has 2 aromatic heterocycles. The van der Waals surface area contributed by atoms with Crippen molar-refractivity contribution in [2.24, 2.45) is 0 Å². The van der Waals surface area contributed by atoms with Crippen LogP contribution in [0.4, 0.5) is 20.3 Å². The molecule has 1 N–H and O–H groups in total. The fourth-order valence-corrected chi connectivity index (χ4v) is 1.95. The van der Waals surface area contributed by atoms with E-state index in [1.807, 2.05) is 0 Å². The number of anilines is 2. The standard InChI is InChI=1S/C12H8ClF2N5/c1-6-10(13)19-12-16-5-17-20(12)11(6)18-9-7(14)3-2-4-8(9)15/h2-5,18H,1H3. The zero-order valence-corrected chi connectivity index (χ0v) is 11.0. The molecule has 0 atom stereocenters. The second kappa shape index (κ2) is 4.68. The Balaban J connectivity index is 2.20. The van der Waals surface area contributed by atoms with E-state index in [-0.39, 0.29) is 16.6 Å². The lowest BCUT2D eigenvalue weighted by Gasteiger charge is -2.12. The minimum absolute atomic E-state index is 0.185. The Kier molecular flexibility index (Phi) is 2.98. The molecule has 3 aromatic rings. The van der Waals surface area contributed by atoms with Crippen LogP contribution in [-0.4, -0.2) is 19.6 Å². The zero-order valence-electron chi connectivity index (χ0n) is 10.2. The molecule has 0 aliphatic rings. The summed E-state index contributed by atoms with van der Waals surface area (Å²) in [5, 5.41) is 6.80. The first-order valence-corrected chi connectivity index (χ1v) is 6.02. The molecule has 5 nitrogen and oxygen atoms in total. The van der Waals surface area contributed by atoms with Crippen molar-refractivity contribution in [1.29, 1.82) is 0 Å². The lowest BCUT2D eigenvalue weighted by molar-refractivity contribution is 0.590. The summed E-state index contributed by atoms with van der Waals surface area (Å²) in [5.74, 6) is -0.891. The third kappa shape index (κ3) is 1.96. The molecule has 2 heterocycles. The number of nitrogens with zero attached hydrogens (tertiary/aromatic N) is 4. The van der Waals surface area contributed by atoms with Crippen molar-refractivity contribution in [3.05, 3.63) is 46.9 Å². The second-order valence-corrected chi connectivity index (χ2v) is 4.43. The fourth-order valence-electron chi connectivity index (χ4n) is 1.78. The molecular formula is C12H8ClF2N5. The lowest BCUT2D eigenvalue weighted by Crippen LogP contribution is -2.07. The maximum atomic E-state index is 13.7. The lowest BCUT2D eigenvalue weighted by atomic mass is 10.2. The first kappa shape index (κ1) is 12.7. The van der Waals surface area contributed by atoms with Gasteiger partial charge in [-0.2, -0.15) is 19.6 Å². The van der Waals surface area contributed by atoms with E-state index in [1.165, 1.54) is 16.9 Å². The van der Waals surface area contributed by atoms with Gasteiger partial charge in [0.15, 0.2) is 0 Å². The van der Waals surface area contributed by atoms with Gasteiger partial charge in [-0.25, -0.2) is 8.78 Å². The van der Waals surface area contributed by atoms with Crippen LogP contribution in [0.5, 0.6) is 0 Å². The summed E-state index contributed by atoms with van der Waals surface area (Å²) in [4.78, 5) is 7.91. The quantitative estimate of drug-likeness (QED) is 0.738. The summed E-state index contributed by atoms with van der Waals surface area (Å²) in [5.41, 5.74) is 0.224. The van der Waals surface area contributed by atoms with Crippen LogP contribution in [0.1, 0.15) is 5.56 Å². The molecule has 0 radical (unpaired) electrons. The number of halogens is 3. The largest absolute Gasteiger partial charge is 0.335 e. The predicted octanol–water partition coefficient (Wildman–Crippen LogP) is 3.11. The van der Waals surface area contributed by atoms with Crippen molar-refractivity contribution in [1.82, 2.24) is 19.6 Å². The second-order valence-electron chi connectivity index (χ2n) is 4.07. The molecular weight excluding hydrogens is 288 g/mol. The van der Waals surface area contributed by atoms with Gasteiger partial charge in [0.1, 0.15) is 34.6 Å². The third-order valence-corrected chi connectivity index (χ3v) is 3.18. The highest BCUT2D eigenvalue weighted by atomic mass is 35.5.